The fraction of sp³-hybridized carbons (Fsp3) is 0.424. The number of pyridine rings is 2. The quantitative estimate of drug-likeness (QED) is 0.0605. The summed E-state index contributed by atoms with van der Waals surface area (Å²) in [5.74, 6) is -0.903. The van der Waals surface area contributed by atoms with Gasteiger partial charge in [-0.15, -0.1) is 0 Å². The number of aromatic nitrogens is 6. The number of primary sulfonamides is 1. The van der Waals surface area contributed by atoms with Crippen LogP contribution >= 0.6 is 0 Å². The summed E-state index contributed by atoms with van der Waals surface area (Å²) in [7, 11) is -3.71. The van der Waals surface area contributed by atoms with E-state index in [2.05, 4.69) is 46.0 Å². The Bertz CT molecular complexity index is 3920. The molecule has 5 saturated heterocycles. The minimum atomic E-state index is -3.71. The van der Waals surface area contributed by atoms with E-state index in [-0.39, 0.29) is 106 Å². The normalized spacial score (nSPS) is 23.5. The number of phenols is 2. The van der Waals surface area contributed by atoms with Gasteiger partial charge in [-0.3, -0.25) is 19.8 Å². The number of aliphatic hydroxyl groups is 1. The number of ether oxygens (including phenoxy) is 2. The van der Waals surface area contributed by atoms with Crippen LogP contribution in [0.3, 0.4) is 0 Å². The summed E-state index contributed by atoms with van der Waals surface area (Å²) in [6.45, 7) is 4.06. The Hall–Kier alpha value is -7.17. The number of benzene rings is 4. The van der Waals surface area contributed by atoms with Crippen LogP contribution in [0.2, 0.25) is 0 Å². The molecule has 1 aliphatic carbocycles. The molecule has 80 heavy (non-hydrogen) atoms. The number of nitrogens with zero attached hydrogens (tertiary/aromatic N) is 9. The van der Waals surface area contributed by atoms with Crippen LogP contribution in [0.5, 0.6) is 23.5 Å². The fourth-order valence-electron chi connectivity index (χ4n) is 14.6. The average Bonchev–Trinajstić information content (AvgIpc) is 4.36. The van der Waals surface area contributed by atoms with E-state index >= 15 is 8.78 Å². The fourth-order valence-corrected chi connectivity index (χ4v) is 15.2. The molecule has 0 spiro atoms. The van der Waals surface area contributed by atoms with E-state index in [4.69, 9.17) is 24.6 Å². The van der Waals surface area contributed by atoms with E-state index in [0.29, 0.717) is 47.3 Å². The minimum Gasteiger partial charge on any atom is -0.508 e. The van der Waals surface area contributed by atoms with Gasteiger partial charge < -0.3 is 35.0 Å². The third-order valence-corrected chi connectivity index (χ3v) is 19.2. The first kappa shape index (κ1) is 51.0. The topological polar surface area (TPSA) is 238 Å². The first-order valence-electron chi connectivity index (χ1n) is 27.9. The molecule has 4 aromatic carbocycles. The largest absolute Gasteiger partial charge is 0.508 e. The predicted octanol–water partition coefficient (Wildman–Crippen LogP) is 8.50. The number of halogens is 2. The zero-order valence-electron chi connectivity index (χ0n) is 44.0. The molecule has 0 radical (unpaired) electrons. The number of aromatic hydroxyl groups is 2. The third-order valence-electron chi connectivity index (χ3n) is 18.4. The first-order valence-corrected chi connectivity index (χ1v) is 29.6. The highest BCUT2D eigenvalue weighted by atomic mass is 32.2. The zero-order valence-corrected chi connectivity index (χ0v) is 44.8. The van der Waals surface area contributed by atoms with Gasteiger partial charge in [0.1, 0.15) is 58.8 Å². The maximum absolute atomic E-state index is 17.5. The number of fused-ring (bicyclic) bond motifs is 8. The van der Waals surface area contributed by atoms with Gasteiger partial charge in [0.05, 0.1) is 33.7 Å². The smallest absolute Gasteiger partial charge is 0.319 e. The molecule has 6 N–H and O–H groups in total. The number of rotatable bonds is 15. The van der Waals surface area contributed by atoms with Gasteiger partial charge in [-0.05, 0) is 142 Å². The number of sulfonamides is 1. The lowest BCUT2D eigenvalue weighted by Gasteiger charge is -2.35. The molecule has 5 unspecified atom stereocenters. The lowest BCUT2D eigenvalue weighted by molar-refractivity contribution is 0.0848. The van der Waals surface area contributed by atoms with E-state index in [1.165, 1.54) is 18.3 Å². The molecule has 9 heterocycles. The molecule has 5 aliphatic heterocycles. The second-order valence-corrected chi connectivity index (χ2v) is 24.8. The molecular formula is C59H61F2N11O7S. The number of aliphatic hydroxyl groups excluding tert-OH is 1. The SMILES string of the molecule is NS(=O)(=O)CCCNc1nc(OCC23CCCN2CCC3)nc2c(F)c(-c3cc(O)cc4c(C5CCC6(COc7nc(N8CC9CC8CC9O)c8cnc(-c9cc(O)cc%10ccccc9%10)c(F)c8n7)CCCN56)cccc34)ncc12. The van der Waals surface area contributed by atoms with E-state index in [0.717, 1.165) is 99.1 Å². The number of piperidine rings is 1. The Morgan fingerprint density at radius 3 is 2.12 bits per heavy atom. The number of anilines is 2. The molecule has 4 aromatic heterocycles. The Morgan fingerprint density at radius 1 is 0.725 bits per heavy atom. The van der Waals surface area contributed by atoms with Gasteiger partial charge in [-0.1, -0.05) is 42.5 Å². The number of phenolic OH excluding ortho intramolecular Hbond substituents is 2. The van der Waals surface area contributed by atoms with Crippen molar-refractivity contribution in [2.75, 3.05) is 61.9 Å². The maximum Gasteiger partial charge on any atom is 0.319 e. The Balaban J connectivity index is 0.785. The second-order valence-electron chi connectivity index (χ2n) is 23.0. The average molecular weight is 1110 g/mol. The van der Waals surface area contributed by atoms with E-state index in [9.17, 15) is 23.7 Å². The summed E-state index contributed by atoms with van der Waals surface area (Å²) >= 11 is 0. The van der Waals surface area contributed by atoms with E-state index < -0.39 is 33.3 Å². The standard InChI is InChI=1S/C59H61F2N11O7S/c60-48-51(64-28-44-52(48)66-56(68-54(44)63-17-7-21-80(62,76)77)78-31-58-13-4-18-70(58)19-5-14-58)43-27-37(74)25-41-39(43)10-3-11-40(41)46-12-16-59(15-6-20-72(46)59)32-79-57-67-53-45(55(69-57)71-30-34-22-35(71)24-47(34)75)29-65-50(49(53)61)42-26-36(73)23-33-8-1-2-9-38(33)42/h1-3,8-11,23,25-29,34-35,46-47,73-75H,4-7,12-22,24,30-32H2,(H2,62,76,77)(H,63,66,68). The molecule has 5 atom stereocenters. The molecule has 6 fully saturated rings. The molecule has 1 saturated carbocycles. The molecule has 414 valence electrons. The van der Waals surface area contributed by atoms with Crippen molar-refractivity contribution in [3.8, 4) is 46.0 Å². The summed E-state index contributed by atoms with van der Waals surface area (Å²) < 4.78 is 71.3. The van der Waals surface area contributed by atoms with Gasteiger partial charge in [0.2, 0.25) is 10.0 Å². The molecular weight excluding hydrogens is 1040 g/mol. The summed E-state index contributed by atoms with van der Waals surface area (Å²) in [5.41, 5.74) is 1.23. The highest BCUT2D eigenvalue weighted by Crippen LogP contribution is 2.52. The number of nitrogens with one attached hydrogen (secondary N) is 1. The molecule has 21 heteroatoms. The van der Waals surface area contributed by atoms with E-state index in [1.54, 1.807) is 18.3 Å². The van der Waals surface area contributed by atoms with Gasteiger partial charge in [-0.25, -0.2) is 22.3 Å². The summed E-state index contributed by atoms with van der Waals surface area (Å²) in [5, 5.41) is 45.0. The van der Waals surface area contributed by atoms with Gasteiger partial charge in [-0.2, -0.15) is 19.9 Å². The van der Waals surface area contributed by atoms with Crippen LogP contribution in [0.4, 0.5) is 20.4 Å². The number of hydrogen-bond acceptors (Lipinski definition) is 17. The van der Waals surface area contributed by atoms with Gasteiger partial charge in [0.25, 0.3) is 0 Å². The van der Waals surface area contributed by atoms with Gasteiger partial charge in [0, 0.05) is 54.6 Å². The van der Waals surface area contributed by atoms with Crippen molar-refractivity contribution in [2.24, 2.45) is 11.1 Å². The maximum atomic E-state index is 17.5. The molecule has 0 amide bonds. The van der Waals surface area contributed by atoms with E-state index in [1.807, 2.05) is 36.4 Å². The van der Waals surface area contributed by atoms with Crippen LogP contribution < -0.4 is 24.8 Å². The molecule has 8 aromatic rings. The minimum absolute atomic E-state index is 0.0104. The van der Waals surface area contributed by atoms with Gasteiger partial charge in [0.15, 0.2) is 11.6 Å². The Kier molecular flexibility index (Phi) is 12.5. The number of hydrogen-bond donors (Lipinski definition) is 5. The van der Waals surface area contributed by atoms with Crippen LogP contribution in [0, 0.1) is 17.6 Å². The van der Waals surface area contributed by atoms with Crippen LogP contribution in [-0.2, 0) is 10.0 Å². The Labute approximate surface area is 460 Å². The zero-order chi connectivity index (χ0) is 54.7. The molecule has 14 rings (SSSR count). The van der Waals surface area contributed by atoms with Crippen molar-refractivity contribution in [3.05, 3.63) is 96.3 Å². The highest BCUT2D eigenvalue weighted by Gasteiger charge is 2.51. The molecule has 18 nitrogen and oxygen atoms in total. The summed E-state index contributed by atoms with van der Waals surface area (Å²) in [6.07, 6.45) is 11.6. The summed E-state index contributed by atoms with van der Waals surface area (Å²) in [6, 6.07) is 19.7. The third kappa shape index (κ3) is 8.74. The predicted molar refractivity (Wildman–Crippen MR) is 299 cm³/mol. The van der Waals surface area contributed by atoms with Crippen LogP contribution in [0.15, 0.2) is 79.1 Å². The summed E-state index contributed by atoms with van der Waals surface area (Å²) in [4.78, 5) is 35.5. The second kappa shape index (κ2) is 19.5. The molecule has 2 bridgehead atoms. The Morgan fingerprint density at radius 2 is 1.39 bits per heavy atom. The lowest BCUT2D eigenvalue weighted by atomic mass is 9.92. The van der Waals surface area contributed by atoms with Crippen molar-refractivity contribution in [2.45, 2.75) is 99.9 Å². The van der Waals surface area contributed by atoms with Crippen LogP contribution in [0.1, 0.15) is 82.2 Å². The van der Waals surface area contributed by atoms with Crippen molar-refractivity contribution >= 4 is 65.0 Å². The highest BCUT2D eigenvalue weighted by molar-refractivity contribution is 7.89. The van der Waals surface area contributed by atoms with Crippen molar-refractivity contribution < 1.29 is 42.0 Å². The van der Waals surface area contributed by atoms with Gasteiger partial charge >= 0.3 is 12.0 Å². The van der Waals surface area contributed by atoms with Crippen LogP contribution in [0.25, 0.3) is 65.9 Å². The van der Waals surface area contributed by atoms with Crippen LogP contribution in [-0.4, -0.2) is 138 Å². The number of nitrogens with two attached hydrogens (primary N) is 1. The molecule has 6 aliphatic rings. The first-order chi connectivity index (χ1) is 38.7. The lowest BCUT2D eigenvalue weighted by Crippen LogP contribution is -2.44. The van der Waals surface area contributed by atoms with Crippen molar-refractivity contribution in [1.29, 1.82) is 0 Å². The van der Waals surface area contributed by atoms with Crippen molar-refractivity contribution in [3.63, 3.8) is 0 Å². The van der Waals surface area contributed by atoms with Crippen molar-refractivity contribution in [1.82, 2.24) is 39.7 Å². The monoisotopic (exact) mass is 1110 g/mol.